The molecule has 228 valence electrons. The molecule has 6 rings (SSSR count). The number of hydrogen-bond acceptors (Lipinski definition) is 5. The predicted octanol–water partition coefficient (Wildman–Crippen LogP) is 4.73. The van der Waals surface area contributed by atoms with Gasteiger partial charge in [-0.3, -0.25) is 14.4 Å². The molecule has 3 aliphatic rings. The van der Waals surface area contributed by atoms with Crippen LogP contribution in [0.25, 0.3) is 0 Å². The smallest absolute Gasteiger partial charge is 0.264 e. The highest BCUT2D eigenvalue weighted by atomic mass is 35.5. The molecule has 3 heterocycles. The molecule has 2 N–H and O–H groups in total. The minimum atomic E-state index is -1.88. The van der Waals surface area contributed by atoms with Gasteiger partial charge in [-0.1, -0.05) is 67.1 Å². The second-order valence-electron chi connectivity index (χ2n) is 11.9. The van der Waals surface area contributed by atoms with E-state index < -0.39 is 17.4 Å². The molecule has 0 spiro atoms. The van der Waals surface area contributed by atoms with Crippen molar-refractivity contribution in [2.75, 3.05) is 23.0 Å². The molecule has 3 aromatic carbocycles. The number of nitrogens with zero attached hydrogens (tertiary/aromatic N) is 3. The van der Waals surface area contributed by atoms with Crippen molar-refractivity contribution in [3.63, 3.8) is 0 Å². The van der Waals surface area contributed by atoms with Crippen LogP contribution in [-0.2, 0) is 39.5 Å². The van der Waals surface area contributed by atoms with Crippen molar-refractivity contribution < 1.29 is 24.6 Å². The normalized spacial score (nSPS) is 22.1. The Morgan fingerprint density at radius 2 is 1.84 bits per heavy atom. The molecule has 0 bridgehead atoms. The van der Waals surface area contributed by atoms with Crippen molar-refractivity contribution in [3.05, 3.63) is 106 Å². The molecule has 3 aliphatic heterocycles. The molecule has 9 heteroatoms. The Bertz CT molecular complexity index is 1620. The van der Waals surface area contributed by atoms with Gasteiger partial charge in [0, 0.05) is 48.1 Å². The second kappa shape index (κ2) is 12.2. The molecular weight excluding hydrogens is 578 g/mol. The third kappa shape index (κ3) is 5.42. The van der Waals surface area contributed by atoms with Gasteiger partial charge in [0.1, 0.15) is 0 Å². The third-order valence-electron chi connectivity index (χ3n) is 9.16. The van der Waals surface area contributed by atoms with E-state index in [9.17, 15) is 24.6 Å². The van der Waals surface area contributed by atoms with Crippen LogP contribution in [0.15, 0.2) is 78.9 Å². The molecule has 1 fully saturated rings. The maximum atomic E-state index is 13.9. The van der Waals surface area contributed by atoms with E-state index in [0.29, 0.717) is 42.2 Å². The predicted molar refractivity (Wildman–Crippen MR) is 169 cm³/mol. The van der Waals surface area contributed by atoms with E-state index in [2.05, 4.69) is 0 Å². The minimum absolute atomic E-state index is 0.0747. The van der Waals surface area contributed by atoms with Gasteiger partial charge >= 0.3 is 0 Å². The first-order chi connectivity index (χ1) is 21.2. The molecule has 8 nitrogen and oxygen atoms in total. The topological polar surface area (TPSA) is 101 Å². The number of fused-ring (bicyclic) bond motifs is 2. The summed E-state index contributed by atoms with van der Waals surface area (Å²) in [5.74, 6) is -1.15. The maximum Gasteiger partial charge on any atom is 0.264 e. The SMILES string of the molecule is C[C@H](/C=C/CC(=O)N1Cc2ccccc2C[C@H]1CO)[C@@]1(O)C(=O)N(Cc2ccc(N3CCCC3=O)cc2)c2ccc(Cl)cc21. The summed E-state index contributed by atoms with van der Waals surface area (Å²) >= 11 is 6.34. The van der Waals surface area contributed by atoms with Gasteiger partial charge in [0.25, 0.3) is 5.91 Å². The standard InChI is InChI=1S/C35H36ClN3O5/c1-23(6-4-9-33(42)38-21-26-8-3-2-7-25(26)18-29(38)22-40)35(44)30-19-27(36)13-16-31(30)39(34(35)43)20-24-11-14-28(15-12-24)37-17-5-10-32(37)41/h2-4,6-8,11-16,19,23,29,40,44H,5,9-10,17-18,20-22H2,1H3/b6-4+/t23-,29+,35+/m1/s1. The Labute approximate surface area is 262 Å². The molecule has 0 unspecified atom stereocenters. The lowest BCUT2D eigenvalue weighted by atomic mass is 9.83. The fourth-order valence-corrected chi connectivity index (χ4v) is 6.81. The highest BCUT2D eigenvalue weighted by Crippen LogP contribution is 2.46. The number of aliphatic hydroxyl groups excluding tert-OH is 1. The largest absolute Gasteiger partial charge is 0.394 e. The molecule has 44 heavy (non-hydrogen) atoms. The summed E-state index contributed by atoms with van der Waals surface area (Å²) in [5.41, 5.74) is 3.02. The Hall–Kier alpha value is -3.98. The van der Waals surface area contributed by atoms with Crippen molar-refractivity contribution in [1.82, 2.24) is 4.90 Å². The third-order valence-corrected chi connectivity index (χ3v) is 9.39. The number of halogens is 1. The second-order valence-corrected chi connectivity index (χ2v) is 12.3. The van der Waals surface area contributed by atoms with Gasteiger partial charge in [-0.2, -0.15) is 0 Å². The molecule has 3 amide bonds. The number of rotatable bonds is 8. The maximum absolute atomic E-state index is 13.9. The lowest BCUT2D eigenvalue weighted by Crippen LogP contribution is -2.46. The van der Waals surface area contributed by atoms with Crippen molar-refractivity contribution in [2.24, 2.45) is 5.92 Å². The lowest BCUT2D eigenvalue weighted by Gasteiger charge is -2.36. The fraction of sp³-hybridized carbons (Fsp3) is 0.343. The molecule has 3 aromatic rings. The Kier molecular flexibility index (Phi) is 8.33. The number of aliphatic hydroxyl groups is 2. The van der Waals surface area contributed by atoms with Gasteiger partial charge in [-0.25, -0.2) is 0 Å². The summed E-state index contributed by atoms with van der Waals surface area (Å²) in [5, 5.41) is 22.4. The molecule has 1 saturated heterocycles. The van der Waals surface area contributed by atoms with E-state index in [1.165, 1.54) is 0 Å². The van der Waals surface area contributed by atoms with Gasteiger partial charge < -0.3 is 24.9 Å². The van der Waals surface area contributed by atoms with E-state index >= 15 is 0 Å². The number of carbonyl (C=O) groups is 3. The highest BCUT2D eigenvalue weighted by Gasteiger charge is 2.52. The highest BCUT2D eigenvalue weighted by molar-refractivity contribution is 6.31. The number of carbonyl (C=O) groups excluding carboxylic acids is 3. The van der Waals surface area contributed by atoms with Crippen molar-refractivity contribution in [2.45, 2.75) is 57.3 Å². The molecule has 0 saturated carbocycles. The summed E-state index contributed by atoms with van der Waals surface area (Å²) in [4.78, 5) is 44.4. The van der Waals surface area contributed by atoms with Crippen LogP contribution in [0, 0.1) is 5.92 Å². The lowest BCUT2D eigenvalue weighted by molar-refractivity contribution is -0.139. The first-order valence-electron chi connectivity index (χ1n) is 15.1. The van der Waals surface area contributed by atoms with Gasteiger partial charge in [-0.15, -0.1) is 0 Å². The summed E-state index contributed by atoms with van der Waals surface area (Å²) in [6.07, 6.45) is 5.47. The van der Waals surface area contributed by atoms with Crippen LogP contribution in [0.1, 0.15) is 48.4 Å². The zero-order valence-electron chi connectivity index (χ0n) is 24.7. The average molecular weight is 614 g/mol. The minimum Gasteiger partial charge on any atom is -0.394 e. The monoisotopic (exact) mass is 613 g/mol. The first-order valence-corrected chi connectivity index (χ1v) is 15.5. The van der Waals surface area contributed by atoms with Crippen molar-refractivity contribution >= 4 is 40.7 Å². The van der Waals surface area contributed by atoms with Crippen molar-refractivity contribution in [1.29, 1.82) is 0 Å². The van der Waals surface area contributed by atoms with E-state index in [1.807, 2.05) is 48.5 Å². The van der Waals surface area contributed by atoms with Crippen LogP contribution in [0.2, 0.25) is 5.02 Å². The van der Waals surface area contributed by atoms with Crippen LogP contribution in [0.5, 0.6) is 0 Å². The fourth-order valence-electron chi connectivity index (χ4n) is 6.63. The van der Waals surface area contributed by atoms with E-state index in [0.717, 1.165) is 28.8 Å². The van der Waals surface area contributed by atoms with E-state index in [-0.39, 0.29) is 37.4 Å². The Morgan fingerprint density at radius 3 is 2.55 bits per heavy atom. The summed E-state index contributed by atoms with van der Waals surface area (Å²) in [7, 11) is 0. The zero-order valence-corrected chi connectivity index (χ0v) is 25.4. The summed E-state index contributed by atoms with van der Waals surface area (Å²) in [6, 6.07) is 20.3. The van der Waals surface area contributed by atoms with Crippen molar-refractivity contribution in [3.8, 4) is 0 Å². The Balaban J connectivity index is 1.18. The average Bonchev–Trinajstić information content (AvgIpc) is 3.55. The zero-order chi connectivity index (χ0) is 31.0. The Morgan fingerprint density at radius 1 is 1.09 bits per heavy atom. The van der Waals surface area contributed by atoms with Gasteiger partial charge in [0.15, 0.2) is 5.60 Å². The number of amides is 3. The van der Waals surface area contributed by atoms with Gasteiger partial charge in [0.05, 0.1) is 24.9 Å². The van der Waals surface area contributed by atoms with Crippen LogP contribution >= 0.6 is 11.6 Å². The summed E-state index contributed by atoms with van der Waals surface area (Å²) < 4.78 is 0. The molecule has 0 aliphatic carbocycles. The van der Waals surface area contributed by atoms with Gasteiger partial charge in [0.2, 0.25) is 11.8 Å². The number of hydrogen-bond donors (Lipinski definition) is 2. The number of anilines is 2. The van der Waals surface area contributed by atoms with Crippen LogP contribution in [0.3, 0.4) is 0 Å². The van der Waals surface area contributed by atoms with E-state index in [4.69, 9.17) is 11.6 Å². The quantitative estimate of drug-likeness (QED) is 0.358. The molecule has 0 radical (unpaired) electrons. The molecule has 3 atom stereocenters. The van der Waals surface area contributed by atoms with E-state index in [1.54, 1.807) is 52.0 Å². The first kappa shape index (κ1) is 30.1. The number of benzene rings is 3. The van der Waals surface area contributed by atoms with Crippen LogP contribution < -0.4 is 9.80 Å². The summed E-state index contributed by atoms with van der Waals surface area (Å²) in [6.45, 7) is 3.00. The van der Waals surface area contributed by atoms with Gasteiger partial charge in [-0.05, 0) is 59.9 Å². The molecule has 0 aromatic heterocycles. The van der Waals surface area contributed by atoms with Crippen LogP contribution in [-0.4, -0.2) is 52.0 Å². The van der Waals surface area contributed by atoms with Crippen LogP contribution in [0.4, 0.5) is 11.4 Å². The molecular formula is C35H36ClN3O5.